The lowest BCUT2D eigenvalue weighted by Gasteiger charge is -2.11. The van der Waals surface area contributed by atoms with Crippen LogP contribution in [0.2, 0.25) is 0 Å². The quantitative estimate of drug-likeness (QED) is 0.0760. The fraction of sp³-hybridized carbons (Fsp3) is 0.114. The third-order valence-corrected chi connectivity index (χ3v) is 6.05. The van der Waals surface area contributed by atoms with Gasteiger partial charge >= 0.3 is 11.9 Å². The van der Waals surface area contributed by atoms with Gasteiger partial charge in [0.25, 0.3) is 0 Å². The Bertz CT molecular complexity index is 1700. The van der Waals surface area contributed by atoms with E-state index in [1.807, 2.05) is 60.7 Å². The van der Waals surface area contributed by atoms with Crippen molar-refractivity contribution in [2.75, 3.05) is 13.2 Å². The molecule has 0 fully saturated rings. The molecule has 0 atom stereocenters. The van der Waals surface area contributed by atoms with E-state index >= 15 is 0 Å². The fourth-order valence-corrected chi connectivity index (χ4v) is 4.08. The van der Waals surface area contributed by atoms with Crippen molar-refractivity contribution < 1.29 is 19.1 Å². The molecule has 4 aromatic rings. The molecule has 6 heteroatoms. The largest absolute Gasteiger partial charge is 0.459 e. The summed E-state index contributed by atoms with van der Waals surface area (Å²) < 4.78 is 10.3. The Morgan fingerprint density at radius 2 is 1.54 bits per heavy atom. The number of carbonyl (C=O) groups is 2. The van der Waals surface area contributed by atoms with Crippen molar-refractivity contribution in [2.45, 2.75) is 13.8 Å². The number of carbonyl (C=O) groups excluding carboxylic acids is 2. The van der Waals surface area contributed by atoms with E-state index in [-0.39, 0.29) is 13.2 Å². The number of esters is 2. The van der Waals surface area contributed by atoms with Gasteiger partial charge in [-0.3, -0.25) is 0 Å². The van der Waals surface area contributed by atoms with Gasteiger partial charge in [-0.2, -0.15) is 5.26 Å². The highest BCUT2D eigenvalue weighted by molar-refractivity contribution is 6.12. The molecule has 0 saturated heterocycles. The molecule has 0 unspecified atom stereocenters. The van der Waals surface area contributed by atoms with Crippen molar-refractivity contribution in [1.29, 1.82) is 5.26 Å². The Morgan fingerprint density at radius 3 is 2.17 bits per heavy atom. The van der Waals surface area contributed by atoms with E-state index in [0.717, 1.165) is 44.1 Å². The molecule has 206 valence electrons. The zero-order chi connectivity index (χ0) is 29.8. The third-order valence-electron chi connectivity index (χ3n) is 6.05. The molecule has 0 bridgehead atoms. The predicted molar refractivity (Wildman–Crippen MR) is 167 cm³/mol. The van der Waals surface area contributed by atoms with Crippen LogP contribution in [-0.4, -0.2) is 30.1 Å². The Hall–Kier alpha value is -5.41. The second kappa shape index (κ2) is 14.7. The predicted octanol–water partition coefficient (Wildman–Crippen LogP) is 7.90. The van der Waals surface area contributed by atoms with E-state index in [9.17, 15) is 9.59 Å². The number of hydrogen-bond donors (Lipinski definition) is 1. The molecule has 0 aliphatic carbocycles. The zero-order valence-corrected chi connectivity index (χ0v) is 23.3. The summed E-state index contributed by atoms with van der Waals surface area (Å²) in [5.74, 6) is -1.00. The number of H-pyrrole nitrogens is 1. The highest BCUT2D eigenvalue weighted by Crippen LogP contribution is 2.34. The molecule has 1 heterocycles. The van der Waals surface area contributed by atoms with Crippen LogP contribution in [0.25, 0.3) is 46.1 Å². The fourth-order valence-electron chi connectivity index (χ4n) is 4.08. The van der Waals surface area contributed by atoms with Gasteiger partial charge in [0.15, 0.2) is 0 Å². The maximum Gasteiger partial charge on any atom is 0.333 e. The summed E-state index contributed by atoms with van der Waals surface area (Å²) >= 11 is 0. The number of nitrogens with zero attached hydrogens (tertiary/aromatic N) is 1. The van der Waals surface area contributed by atoms with Crippen LogP contribution in [0.5, 0.6) is 0 Å². The number of aromatic nitrogens is 1. The monoisotopic (exact) mass is 544 g/mol. The molecule has 6 nitrogen and oxygen atoms in total. The Morgan fingerprint density at radius 1 is 0.902 bits per heavy atom. The third kappa shape index (κ3) is 7.81. The number of para-hydroxylation sites is 1. The van der Waals surface area contributed by atoms with Crippen LogP contribution in [-0.2, 0) is 19.1 Å². The molecule has 0 aliphatic rings. The van der Waals surface area contributed by atoms with Crippen LogP contribution in [0, 0.1) is 11.3 Å². The van der Waals surface area contributed by atoms with Crippen molar-refractivity contribution in [3.63, 3.8) is 0 Å². The van der Waals surface area contributed by atoms with Gasteiger partial charge in [-0.1, -0.05) is 86.5 Å². The van der Waals surface area contributed by atoms with E-state index in [4.69, 9.17) is 14.7 Å². The van der Waals surface area contributed by atoms with Crippen molar-refractivity contribution in [3.05, 3.63) is 120 Å². The summed E-state index contributed by atoms with van der Waals surface area (Å²) in [5.41, 5.74) is 6.46. The average molecular weight is 545 g/mol. The molecule has 0 amide bonds. The second-order valence-corrected chi connectivity index (χ2v) is 9.05. The topological polar surface area (TPSA) is 92.2 Å². The summed E-state index contributed by atoms with van der Waals surface area (Å²) in [5, 5.41) is 9.70. The molecule has 4 rings (SSSR count). The Labute approximate surface area is 240 Å². The van der Waals surface area contributed by atoms with Crippen molar-refractivity contribution in [3.8, 4) is 6.07 Å². The minimum Gasteiger partial charge on any atom is -0.459 e. The molecule has 0 spiro atoms. The first-order valence-corrected chi connectivity index (χ1v) is 12.9. The lowest BCUT2D eigenvalue weighted by atomic mass is 9.94. The minimum atomic E-state index is -0.513. The minimum absolute atomic E-state index is 0.0330. The number of nitriles is 1. The Balaban J connectivity index is 0.00000108. The molecule has 41 heavy (non-hydrogen) atoms. The second-order valence-electron chi connectivity index (χ2n) is 9.05. The number of aromatic amines is 1. The first-order valence-electron chi connectivity index (χ1n) is 12.9. The van der Waals surface area contributed by atoms with Gasteiger partial charge in [-0.25, -0.2) is 9.59 Å². The van der Waals surface area contributed by atoms with Gasteiger partial charge in [0.2, 0.25) is 0 Å². The van der Waals surface area contributed by atoms with Gasteiger partial charge in [-0.05, 0) is 48.7 Å². The van der Waals surface area contributed by atoms with Gasteiger partial charge < -0.3 is 14.5 Å². The molecule has 1 N–H and O–H groups in total. The van der Waals surface area contributed by atoms with Crippen molar-refractivity contribution >= 4 is 58.0 Å². The lowest BCUT2D eigenvalue weighted by Crippen LogP contribution is -2.14. The standard InChI is InChI=1S/C32H29NO4.C3H3N/c1-5-24-20-28-25-13-9-10-14-29(25)33-30(28)26(16-15-23-11-7-6-8-12-23)27(24)19-22(4)32(35)37-18-17-36-31(34)21(2)3;1-2-3-4/h5-16,19-20,33H,1-2,17-18H2,3-4H3;2H,1H2. The normalized spacial score (nSPS) is 10.9. The SMILES string of the molecule is C=CC#N.C=Cc1cc2c([nH]c3ccccc32)c(C=Cc2ccccc2)c1C=C(C)C(=O)OCCOC(=O)C(=C)C. The maximum atomic E-state index is 12.7. The van der Waals surface area contributed by atoms with Crippen LogP contribution in [0.15, 0.2) is 97.6 Å². The smallest absolute Gasteiger partial charge is 0.333 e. The molecular weight excluding hydrogens is 512 g/mol. The first kappa shape index (κ1) is 30.1. The van der Waals surface area contributed by atoms with Crippen LogP contribution in [0.1, 0.15) is 36.1 Å². The Kier molecular flexibility index (Phi) is 10.8. The van der Waals surface area contributed by atoms with E-state index in [0.29, 0.717) is 11.1 Å². The number of nitrogens with one attached hydrogen (secondary N) is 1. The van der Waals surface area contributed by atoms with E-state index < -0.39 is 11.9 Å². The average Bonchev–Trinajstić information content (AvgIpc) is 3.36. The van der Waals surface area contributed by atoms with Crippen LogP contribution in [0.3, 0.4) is 0 Å². The molecule has 1 aromatic heterocycles. The van der Waals surface area contributed by atoms with Crippen molar-refractivity contribution in [1.82, 2.24) is 4.98 Å². The maximum absolute atomic E-state index is 12.7. The molecule has 0 saturated carbocycles. The summed E-state index contributed by atoms with van der Waals surface area (Å²) in [6, 6.07) is 22.0. The van der Waals surface area contributed by atoms with Gasteiger partial charge in [0.1, 0.15) is 13.2 Å². The van der Waals surface area contributed by atoms with Gasteiger partial charge in [0, 0.05) is 39.1 Å². The van der Waals surface area contributed by atoms with E-state index in [1.54, 1.807) is 26.0 Å². The number of benzene rings is 3. The number of rotatable bonds is 9. The summed E-state index contributed by atoms with van der Waals surface area (Å²) in [4.78, 5) is 27.8. The number of fused-ring (bicyclic) bond motifs is 3. The molecule has 3 aromatic carbocycles. The molecule has 0 aliphatic heterocycles. The summed E-state index contributed by atoms with van der Waals surface area (Å²) in [7, 11) is 0. The summed E-state index contributed by atoms with van der Waals surface area (Å²) in [6.07, 6.45) is 8.90. The van der Waals surface area contributed by atoms with Crippen molar-refractivity contribution in [2.24, 2.45) is 0 Å². The van der Waals surface area contributed by atoms with Crippen LogP contribution in [0.4, 0.5) is 0 Å². The molecular formula is C35H32N2O4. The highest BCUT2D eigenvalue weighted by atomic mass is 16.6. The highest BCUT2D eigenvalue weighted by Gasteiger charge is 2.15. The number of hydrogen-bond acceptors (Lipinski definition) is 5. The van der Waals surface area contributed by atoms with E-state index in [2.05, 4.69) is 42.9 Å². The number of ether oxygens (including phenoxy) is 2. The first-order chi connectivity index (χ1) is 19.8. The lowest BCUT2D eigenvalue weighted by molar-refractivity contribution is -0.147. The molecule has 0 radical (unpaired) electrons. The van der Waals surface area contributed by atoms with Crippen LogP contribution >= 0.6 is 0 Å². The number of allylic oxidation sites excluding steroid dienone is 1. The van der Waals surface area contributed by atoms with Gasteiger partial charge in [0.05, 0.1) is 11.6 Å². The summed E-state index contributed by atoms with van der Waals surface area (Å²) in [6.45, 7) is 13.9. The van der Waals surface area contributed by atoms with Gasteiger partial charge in [-0.15, -0.1) is 0 Å². The van der Waals surface area contributed by atoms with E-state index in [1.165, 1.54) is 6.08 Å². The zero-order valence-electron chi connectivity index (χ0n) is 23.3. The van der Waals surface area contributed by atoms with Crippen LogP contribution < -0.4 is 0 Å².